The number of carbonyl (C=O) groups excluding carboxylic acids is 1. The predicted octanol–water partition coefficient (Wildman–Crippen LogP) is 4.11. The summed E-state index contributed by atoms with van der Waals surface area (Å²) in [6.45, 7) is 6.77. The van der Waals surface area contributed by atoms with Gasteiger partial charge in [-0.2, -0.15) is 0 Å². The summed E-state index contributed by atoms with van der Waals surface area (Å²) in [4.78, 5) is 14.4. The Balaban J connectivity index is 0.00000208. The van der Waals surface area contributed by atoms with Crippen LogP contribution >= 0.6 is 12.4 Å². The normalized spacial score (nSPS) is 12.7. The number of hydrogen-bond acceptors (Lipinski definition) is 2. The van der Waals surface area contributed by atoms with Crippen molar-refractivity contribution >= 4 is 18.3 Å². The molecule has 0 bridgehead atoms. The van der Waals surface area contributed by atoms with Crippen LogP contribution in [0.2, 0.25) is 0 Å². The van der Waals surface area contributed by atoms with Gasteiger partial charge < -0.3 is 10.2 Å². The maximum Gasteiger partial charge on any atom is 0.253 e. The fraction of sp³-hybridized carbons (Fsp3) is 0.350. The number of rotatable bonds is 4. The van der Waals surface area contributed by atoms with Gasteiger partial charge in [-0.3, -0.25) is 4.79 Å². The molecule has 1 aliphatic heterocycles. The van der Waals surface area contributed by atoms with E-state index in [0.29, 0.717) is 12.5 Å². The fourth-order valence-corrected chi connectivity index (χ4v) is 3.00. The Morgan fingerprint density at radius 1 is 1.08 bits per heavy atom. The van der Waals surface area contributed by atoms with Crippen LogP contribution in [-0.4, -0.2) is 17.9 Å². The molecule has 0 fully saturated rings. The smallest absolute Gasteiger partial charge is 0.253 e. The highest BCUT2D eigenvalue weighted by molar-refractivity contribution is 5.94. The summed E-state index contributed by atoms with van der Waals surface area (Å²) in [5, 5.41) is 3.31. The van der Waals surface area contributed by atoms with Gasteiger partial charge in [-0.15, -0.1) is 12.4 Å². The summed E-state index contributed by atoms with van der Waals surface area (Å²) in [5.41, 5.74) is 5.80. The second kappa shape index (κ2) is 7.82. The van der Waals surface area contributed by atoms with Crippen molar-refractivity contribution < 1.29 is 4.79 Å². The van der Waals surface area contributed by atoms with Crippen LogP contribution in [0.15, 0.2) is 42.5 Å². The Labute approximate surface area is 150 Å². The second-order valence-electron chi connectivity index (χ2n) is 6.64. The summed E-state index contributed by atoms with van der Waals surface area (Å²) in [5.74, 6) is 0.607. The number of amides is 1. The van der Waals surface area contributed by atoms with Crippen LogP contribution in [0.4, 0.5) is 0 Å². The van der Waals surface area contributed by atoms with E-state index in [1.54, 1.807) is 4.90 Å². The first-order valence-electron chi connectivity index (χ1n) is 8.21. The van der Waals surface area contributed by atoms with E-state index in [4.69, 9.17) is 0 Å². The van der Waals surface area contributed by atoms with Crippen LogP contribution in [0.3, 0.4) is 0 Å². The standard InChI is InChI=1S/C20H24N2O.ClH/c1-14(2)16-6-4-15(5-7-16)13-22(3)20(23)17-8-9-18-11-21-12-19(18)10-17;/h4-10,14,21H,11-13H2,1-3H3;1H. The number of carbonyl (C=O) groups is 1. The molecule has 0 saturated carbocycles. The molecule has 4 heteroatoms. The van der Waals surface area contributed by atoms with Gasteiger partial charge in [0.2, 0.25) is 0 Å². The lowest BCUT2D eigenvalue weighted by molar-refractivity contribution is 0.0785. The Kier molecular flexibility index (Phi) is 6.03. The molecule has 2 aromatic rings. The van der Waals surface area contributed by atoms with Gasteiger partial charge in [-0.1, -0.05) is 44.2 Å². The van der Waals surface area contributed by atoms with E-state index in [9.17, 15) is 4.79 Å². The van der Waals surface area contributed by atoms with E-state index in [1.165, 1.54) is 16.7 Å². The summed E-state index contributed by atoms with van der Waals surface area (Å²) in [6.07, 6.45) is 0. The van der Waals surface area contributed by atoms with Crippen LogP contribution in [0.1, 0.15) is 52.4 Å². The van der Waals surface area contributed by atoms with Crippen LogP contribution < -0.4 is 5.32 Å². The van der Waals surface area contributed by atoms with E-state index >= 15 is 0 Å². The van der Waals surface area contributed by atoms with Crippen molar-refractivity contribution in [2.45, 2.75) is 39.4 Å². The van der Waals surface area contributed by atoms with Crippen LogP contribution in [0, 0.1) is 0 Å². The molecule has 0 aliphatic carbocycles. The third-order valence-corrected chi connectivity index (χ3v) is 4.50. The lowest BCUT2D eigenvalue weighted by Gasteiger charge is -2.18. The van der Waals surface area contributed by atoms with E-state index in [-0.39, 0.29) is 18.3 Å². The number of fused-ring (bicyclic) bond motifs is 1. The molecule has 3 rings (SSSR count). The van der Waals surface area contributed by atoms with Crippen molar-refractivity contribution in [1.82, 2.24) is 10.2 Å². The minimum Gasteiger partial charge on any atom is -0.337 e. The minimum absolute atomic E-state index is 0. The minimum atomic E-state index is 0. The largest absolute Gasteiger partial charge is 0.337 e. The molecule has 128 valence electrons. The number of nitrogens with one attached hydrogen (secondary N) is 1. The summed E-state index contributed by atoms with van der Waals surface area (Å²) in [7, 11) is 1.87. The summed E-state index contributed by atoms with van der Waals surface area (Å²) >= 11 is 0. The van der Waals surface area contributed by atoms with E-state index in [0.717, 1.165) is 24.2 Å². The van der Waals surface area contributed by atoms with Crippen molar-refractivity contribution in [3.05, 3.63) is 70.3 Å². The number of halogens is 1. The van der Waals surface area contributed by atoms with E-state index < -0.39 is 0 Å². The molecule has 0 radical (unpaired) electrons. The van der Waals surface area contributed by atoms with Crippen LogP contribution in [0.25, 0.3) is 0 Å². The molecule has 3 nitrogen and oxygen atoms in total. The third-order valence-electron chi connectivity index (χ3n) is 4.50. The molecule has 1 heterocycles. The number of nitrogens with zero attached hydrogens (tertiary/aromatic N) is 1. The molecule has 0 saturated heterocycles. The zero-order chi connectivity index (χ0) is 16.4. The maximum absolute atomic E-state index is 12.6. The molecule has 0 unspecified atom stereocenters. The van der Waals surface area contributed by atoms with Crippen molar-refractivity contribution in [2.24, 2.45) is 0 Å². The first kappa shape index (κ1) is 18.5. The van der Waals surface area contributed by atoms with Gasteiger partial charge in [0.1, 0.15) is 0 Å². The molecular weight excluding hydrogens is 320 g/mol. The quantitative estimate of drug-likeness (QED) is 0.905. The van der Waals surface area contributed by atoms with Gasteiger partial charge in [0.25, 0.3) is 5.91 Å². The molecule has 2 aromatic carbocycles. The maximum atomic E-state index is 12.6. The Hall–Kier alpha value is -1.84. The average Bonchev–Trinajstić information content (AvgIpc) is 3.02. The lowest BCUT2D eigenvalue weighted by Crippen LogP contribution is -2.26. The summed E-state index contributed by atoms with van der Waals surface area (Å²) in [6, 6.07) is 14.6. The van der Waals surface area contributed by atoms with Crippen molar-refractivity contribution in [1.29, 1.82) is 0 Å². The highest BCUT2D eigenvalue weighted by Gasteiger charge is 2.16. The first-order valence-corrected chi connectivity index (χ1v) is 8.21. The Morgan fingerprint density at radius 3 is 2.42 bits per heavy atom. The zero-order valence-corrected chi connectivity index (χ0v) is 15.3. The lowest BCUT2D eigenvalue weighted by atomic mass is 10.0. The molecule has 1 amide bonds. The highest BCUT2D eigenvalue weighted by Crippen LogP contribution is 2.19. The van der Waals surface area contributed by atoms with Crippen molar-refractivity contribution in [3.8, 4) is 0 Å². The number of benzene rings is 2. The van der Waals surface area contributed by atoms with Crippen LogP contribution in [0.5, 0.6) is 0 Å². The zero-order valence-electron chi connectivity index (χ0n) is 14.5. The molecular formula is C20H25ClN2O. The predicted molar refractivity (Wildman–Crippen MR) is 101 cm³/mol. The third kappa shape index (κ3) is 3.97. The van der Waals surface area contributed by atoms with Gasteiger partial charge >= 0.3 is 0 Å². The average molecular weight is 345 g/mol. The molecule has 0 aromatic heterocycles. The molecule has 1 N–H and O–H groups in total. The van der Waals surface area contributed by atoms with E-state index in [2.05, 4.69) is 49.5 Å². The first-order chi connectivity index (χ1) is 11.0. The summed E-state index contributed by atoms with van der Waals surface area (Å²) < 4.78 is 0. The van der Waals surface area contributed by atoms with Crippen molar-refractivity contribution in [3.63, 3.8) is 0 Å². The van der Waals surface area contributed by atoms with Gasteiger partial charge in [-0.05, 0) is 40.3 Å². The van der Waals surface area contributed by atoms with Crippen molar-refractivity contribution in [2.75, 3.05) is 7.05 Å². The molecule has 0 atom stereocenters. The SMILES string of the molecule is CC(C)c1ccc(CN(C)C(=O)c2ccc3c(c2)CNC3)cc1.Cl. The molecule has 0 spiro atoms. The monoisotopic (exact) mass is 344 g/mol. The Morgan fingerprint density at radius 2 is 1.75 bits per heavy atom. The van der Waals surface area contributed by atoms with Gasteiger partial charge in [0.05, 0.1) is 0 Å². The van der Waals surface area contributed by atoms with Gasteiger partial charge in [0, 0.05) is 32.2 Å². The molecule has 24 heavy (non-hydrogen) atoms. The van der Waals surface area contributed by atoms with E-state index in [1.807, 2.05) is 19.2 Å². The van der Waals surface area contributed by atoms with Gasteiger partial charge in [0.15, 0.2) is 0 Å². The van der Waals surface area contributed by atoms with Crippen LogP contribution in [-0.2, 0) is 19.6 Å². The topological polar surface area (TPSA) is 32.3 Å². The second-order valence-corrected chi connectivity index (χ2v) is 6.64. The number of hydrogen-bond donors (Lipinski definition) is 1. The molecule has 1 aliphatic rings. The highest BCUT2D eigenvalue weighted by atomic mass is 35.5. The van der Waals surface area contributed by atoms with Gasteiger partial charge in [-0.25, -0.2) is 0 Å². The Bertz CT molecular complexity index is 710. The fourth-order valence-electron chi connectivity index (χ4n) is 3.00.